The Morgan fingerprint density at radius 3 is 0.854 bits per heavy atom. The summed E-state index contributed by atoms with van der Waals surface area (Å²) < 4.78 is 0. The van der Waals surface area contributed by atoms with Gasteiger partial charge in [-0.25, -0.2) is 9.97 Å². The van der Waals surface area contributed by atoms with Gasteiger partial charge in [0.2, 0.25) is 0 Å². The molecular weight excluding hydrogens is 551 g/mol. The van der Waals surface area contributed by atoms with Crippen molar-refractivity contribution in [1.82, 2.24) is 29.9 Å². The second-order valence-corrected chi connectivity index (χ2v) is 8.61. The van der Waals surface area contributed by atoms with E-state index in [-0.39, 0.29) is 16.8 Å². The molecule has 0 aliphatic heterocycles. The summed E-state index contributed by atoms with van der Waals surface area (Å²) in [5.41, 5.74) is 8.66. The van der Waals surface area contributed by atoms with Crippen LogP contribution in [0.3, 0.4) is 0 Å². The Kier molecular flexibility index (Phi) is 10.1. The SMILES string of the molecule is C=Cc1cc(-c2ccccn2)nc(-c2ccccn2)c1.C=Cc1cc(-c2ccccn2)nc(-c2ccccn2)c1.[Co+2]. The third-order valence-electron chi connectivity index (χ3n) is 5.88. The molecule has 41 heavy (non-hydrogen) atoms. The van der Waals surface area contributed by atoms with Crippen molar-refractivity contribution in [1.29, 1.82) is 0 Å². The van der Waals surface area contributed by atoms with Crippen LogP contribution in [-0.2, 0) is 16.8 Å². The van der Waals surface area contributed by atoms with Crippen LogP contribution < -0.4 is 0 Å². The Morgan fingerprint density at radius 2 is 0.659 bits per heavy atom. The van der Waals surface area contributed by atoms with Gasteiger partial charge >= 0.3 is 16.8 Å². The van der Waals surface area contributed by atoms with Crippen molar-refractivity contribution in [3.63, 3.8) is 0 Å². The summed E-state index contributed by atoms with van der Waals surface area (Å²) in [4.78, 5) is 26.7. The van der Waals surface area contributed by atoms with Gasteiger partial charge in [-0.05, 0) is 83.9 Å². The first-order valence-corrected chi connectivity index (χ1v) is 12.7. The van der Waals surface area contributed by atoms with Crippen LogP contribution >= 0.6 is 0 Å². The Balaban J connectivity index is 0.000000184. The molecule has 6 rings (SSSR count). The second-order valence-electron chi connectivity index (χ2n) is 8.61. The van der Waals surface area contributed by atoms with Gasteiger partial charge in [0.05, 0.1) is 45.6 Å². The normalized spacial score (nSPS) is 9.95. The molecule has 0 aromatic carbocycles. The van der Waals surface area contributed by atoms with Crippen molar-refractivity contribution in [3.05, 3.63) is 146 Å². The first-order valence-electron chi connectivity index (χ1n) is 12.7. The number of rotatable bonds is 6. The molecule has 1 radical (unpaired) electrons. The van der Waals surface area contributed by atoms with E-state index in [2.05, 4.69) is 43.1 Å². The molecule has 0 atom stereocenters. The van der Waals surface area contributed by atoms with Gasteiger partial charge in [-0.1, -0.05) is 49.6 Å². The van der Waals surface area contributed by atoms with E-state index in [0.29, 0.717) is 0 Å². The van der Waals surface area contributed by atoms with Crippen molar-refractivity contribution >= 4 is 12.2 Å². The van der Waals surface area contributed by atoms with E-state index >= 15 is 0 Å². The fourth-order valence-corrected chi connectivity index (χ4v) is 3.92. The minimum atomic E-state index is 0. The van der Waals surface area contributed by atoms with E-state index in [4.69, 9.17) is 0 Å². The summed E-state index contributed by atoms with van der Waals surface area (Å²) in [5.74, 6) is 0. The largest absolute Gasteiger partial charge is 2.00 e. The Labute approximate surface area is 249 Å². The zero-order valence-corrected chi connectivity index (χ0v) is 23.2. The van der Waals surface area contributed by atoms with Crippen molar-refractivity contribution in [3.8, 4) is 45.6 Å². The summed E-state index contributed by atoms with van der Waals surface area (Å²) in [5, 5.41) is 0. The molecule has 0 fully saturated rings. The number of aromatic nitrogens is 6. The summed E-state index contributed by atoms with van der Waals surface area (Å²) in [6, 6.07) is 31.0. The van der Waals surface area contributed by atoms with Crippen molar-refractivity contribution < 1.29 is 16.8 Å². The zero-order valence-electron chi connectivity index (χ0n) is 22.1. The minimum absolute atomic E-state index is 0. The van der Waals surface area contributed by atoms with Crippen molar-refractivity contribution in [2.75, 3.05) is 0 Å². The summed E-state index contributed by atoms with van der Waals surface area (Å²) >= 11 is 0. The number of hydrogen-bond acceptors (Lipinski definition) is 6. The molecule has 6 aromatic rings. The quantitative estimate of drug-likeness (QED) is 0.202. The number of nitrogens with zero attached hydrogens (tertiary/aromatic N) is 6. The van der Waals surface area contributed by atoms with Crippen LogP contribution in [0.4, 0.5) is 0 Å². The zero-order chi connectivity index (χ0) is 27.6. The van der Waals surface area contributed by atoms with E-state index in [0.717, 1.165) is 56.7 Å². The molecule has 0 saturated carbocycles. The van der Waals surface area contributed by atoms with Gasteiger partial charge in [0, 0.05) is 24.8 Å². The van der Waals surface area contributed by atoms with Gasteiger partial charge in [-0.3, -0.25) is 19.9 Å². The van der Waals surface area contributed by atoms with Crippen LogP contribution in [0.1, 0.15) is 11.1 Å². The predicted molar refractivity (Wildman–Crippen MR) is 162 cm³/mol. The summed E-state index contributed by atoms with van der Waals surface area (Å²) in [6.07, 6.45) is 10.7. The van der Waals surface area contributed by atoms with E-state index in [1.807, 2.05) is 97.1 Å². The maximum atomic E-state index is 4.65. The van der Waals surface area contributed by atoms with Gasteiger partial charge in [-0.2, -0.15) is 0 Å². The second kappa shape index (κ2) is 14.3. The Hall–Kier alpha value is -5.11. The fourth-order valence-electron chi connectivity index (χ4n) is 3.92. The van der Waals surface area contributed by atoms with E-state index in [1.165, 1.54) is 0 Å². The topological polar surface area (TPSA) is 77.3 Å². The standard InChI is InChI=1S/2C17H13N3.Co/c2*1-2-13-11-16(14-7-3-5-9-18-14)20-17(12-13)15-8-4-6-10-19-15;/h2*2-12H,1H2;/q;;+2. The van der Waals surface area contributed by atoms with Gasteiger partial charge in [-0.15, -0.1) is 0 Å². The first-order chi connectivity index (χ1) is 19.7. The molecule has 0 unspecified atom stereocenters. The van der Waals surface area contributed by atoms with Gasteiger partial charge in [0.25, 0.3) is 0 Å². The van der Waals surface area contributed by atoms with Crippen molar-refractivity contribution in [2.45, 2.75) is 0 Å². The van der Waals surface area contributed by atoms with Crippen LogP contribution in [0, 0.1) is 0 Å². The Morgan fingerprint density at radius 1 is 0.390 bits per heavy atom. The van der Waals surface area contributed by atoms with Crippen LogP contribution in [0.25, 0.3) is 57.7 Å². The number of pyridine rings is 6. The molecule has 6 aromatic heterocycles. The average molecular weight is 578 g/mol. The number of hydrogen-bond donors (Lipinski definition) is 0. The third-order valence-corrected chi connectivity index (χ3v) is 5.88. The monoisotopic (exact) mass is 577 g/mol. The molecule has 0 N–H and O–H groups in total. The summed E-state index contributed by atoms with van der Waals surface area (Å²) in [6.45, 7) is 7.66. The maximum Gasteiger partial charge on any atom is 2.00 e. The molecule has 7 heteroatoms. The van der Waals surface area contributed by atoms with E-state index < -0.39 is 0 Å². The molecule has 0 aliphatic rings. The smallest absolute Gasteiger partial charge is 0.255 e. The summed E-state index contributed by atoms with van der Waals surface area (Å²) in [7, 11) is 0. The van der Waals surface area contributed by atoms with Gasteiger partial charge in [0.1, 0.15) is 0 Å². The molecule has 6 nitrogen and oxygen atoms in total. The predicted octanol–water partition coefficient (Wildman–Crippen LogP) is 7.69. The van der Waals surface area contributed by atoms with Crippen molar-refractivity contribution in [2.24, 2.45) is 0 Å². The maximum absolute atomic E-state index is 4.65. The molecular formula is C34H26CoN6+2. The fraction of sp³-hybridized carbons (Fsp3) is 0. The molecule has 6 heterocycles. The van der Waals surface area contributed by atoms with Crippen LogP contribution in [-0.4, -0.2) is 29.9 Å². The molecule has 0 bridgehead atoms. The first kappa shape index (κ1) is 28.9. The third kappa shape index (κ3) is 7.51. The molecule has 0 aliphatic carbocycles. The van der Waals surface area contributed by atoms with Crippen LogP contribution in [0.5, 0.6) is 0 Å². The average Bonchev–Trinajstić information content (AvgIpc) is 3.06. The van der Waals surface area contributed by atoms with Crippen LogP contribution in [0.2, 0.25) is 0 Å². The van der Waals surface area contributed by atoms with Gasteiger partial charge in [0.15, 0.2) is 0 Å². The molecule has 0 amide bonds. The van der Waals surface area contributed by atoms with E-state index in [9.17, 15) is 0 Å². The van der Waals surface area contributed by atoms with Gasteiger partial charge < -0.3 is 0 Å². The minimum Gasteiger partial charge on any atom is -0.255 e. The Bertz CT molecular complexity index is 1470. The molecule has 0 saturated heterocycles. The molecule has 199 valence electrons. The van der Waals surface area contributed by atoms with Crippen LogP contribution in [0.15, 0.2) is 135 Å². The molecule has 0 spiro atoms. The van der Waals surface area contributed by atoms with E-state index in [1.54, 1.807) is 36.9 Å².